The number of nitrogens with two attached hydrogens (primary N) is 1. The molecule has 0 aliphatic carbocycles. The SMILES string of the molecule is CCn1cc(S(=O)(=O)NCc2c(C)noc2C)cc1CN. The lowest BCUT2D eigenvalue weighted by Gasteiger charge is -2.04. The minimum Gasteiger partial charge on any atom is -0.361 e. The normalized spacial score (nSPS) is 12.0. The molecule has 0 aliphatic rings. The summed E-state index contributed by atoms with van der Waals surface area (Å²) in [4.78, 5) is 0.219. The Kier molecular flexibility index (Phi) is 4.50. The van der Waals surface area contributed by atoms with Crippen molar-refractivity contribution in [1.82, 2.24) is 14.4 Å². The van der Waals surface area contributed by atoms with Crippen LogP contribution >= 0.6 is 0 Å². The highest BCUT2D eigenvalue weighted by atomic mass is 32.2. The summed E-state index contributed by atoms with van der Waals surface area (Å²) in [6, 6.07) is 1.60. The van der Waals surface area contributed by atoms with Gasteiger partial charge in [-0.1, -0.05) is 5.16 Å². The van der Waals surface area contributed by atoms with Crippen molar-refractivity contribution in [1.29, 1.82) is 0 Å². The van der Waals surface area contributed by atoms with E-state index in [1.807, 2.05) is 11.5 Å². The molecule has 8 heteroatoms. The molecule has 2 aromatic rings. The predicted octanol–water partition coefficient (Wildman–Crippen LogP) is 1.05. The van der Waals surface area contributed by atoms with Crippen LogP contribution in [-0.4, -0.2) is 18.1 Å². The Bertz CT molecular complexity index is 690. The van der Waals surface area contributed by atoms with Gasteiger partial charge in [0.05, 0.1) is 10.6 Å². The third-order valence-electron chi connectivity index (χ3n) is 3.44. The first-order valence-electron chi connectivity index (χ1n) is 6.69. The van der Waals surface area contributed by atoms with E-state index in [0.717, 1.165) is 11.3 Å². The van der Waals surface area contributed by atoms with Crippen molar-refractivity contribution in [3.8, 4) is 0 Å². The lowest BCUT2D eigenvalue weighted by molar-refractivity contribution is 0.392. The molecule has 0 radical (unpaired) electrons. The van der Waals surface area contributed by atoms with Gasteiger partial charge >= 0.3 is 0 Å². The zero-order chi connectivity index (χ0) is 15.6. The average molecular weight is 312 g/mol. The molecule has 21 heavy (non-hydrogen) atoms. The number of aryl methyl sites for hydroxylation is 3. The Labute approximate surface area is 124 Å². The largest absolute Gasteiger partial charge is 0.361 e. The van der Waals surface area contributed by atoms with Crippen molar-refractivity contribution in [2.45, 2.75) is 45.3 Å². The monoisotopic (exact) mass is 312 g/mol. The summed E-state index contributed by atoms with van der Waals surface area (Å²) in [5.41, 5.74) is 7.85. The fourth-order valence-corrected chi connectivity index (χ4v) is 3.20. The van der Waals surface area contributed by atoms with Crippen LogP contribution in [0, 0.1) is 13.8 Å². The van der Waals surface area contributed by atoms with Crippen LogP contribution in [0.5, 0.6) is 0 Å². The van der Waals surface area contributed by atoms with E-state index < -0.39 is 10.0 Å². The van der Waals surface area contributed by atoms with Crippen LogP contribution in [0.4, 0.5) is 0 Å². The van der Waals surface area contributed by atoms with E-state index in [2.05, 4.69) is 9.88 Å². The summed E-state index contributed by atoms with van der Waals surface area (Å²) in [6.45, 7) is 6.59. The quantitative estimate of drug-likeness (QED) is 0.830. The fraction of sp³-hybridized carbons (Fsp3) is 0.462. The Balaban J connectivity index is 2.21. The lowest BCUT2D eigenvalue weighted by Crippen LogP contribution is -2.23. The third-order valence-corrected chi connectivity index (χ3v) is 4.81. The van der Waals surface area contributed by atoms with Gasteiger partial charge in [0, 0.05) is 37.1 Å². The Morgan fingerprint density at radius 3 is 2.62 bits per heavy atom. The zero-order valence-electron chi connectivity index (χ0n) is 12.4. The molecule has 116 valence electrons. The topological polar surface area (TPSA) is 103 Å². The molecule has 0 saturated carbocycles. The Hall–Kier alpha value is -1.64. The van der Waals surface area contributed by atoms with Gasteiger partial charge in [-0.05, 0) is 26.8 Å². The molecule has 2 aromatic heterocycles. The molecule has 7 nitrogen and oxygen atoms in total. The number of sulfonamides is 1. The van der Waals surface area contributed by atoms with Gasteiger partial charge in [-0.25, -0.2) is 13.1 Å². The van der Waals surface area contributed by atoms with Crippen LogP contribution in [0.1, 0.15) is 29.6 Å². The van der Waals surface area contributed by atoms with Gasteiger partial charge in [-0.2, -0.15) is 0 Å². The highest BCUT2D eigenvalue weighted by Crippen LogP contribution is 2.16. The molecular formula is C13H20N4O3S. The molecule has 0 unspecified atom stereocenters. The molecule has 3 N–H and O–H groups in total. The van der Waals surface area contributed by atoms with Gasteiger partial charge in [-0.3, -0.25) is 0 Å². The van der Waals surface area contributed by atoms with Crippen LogP contribution in [0.15, 0.2) is 21.7 Å². The van der Waals surface area contributed by atoms with E-state index in [-0.39, 0.29) is 11.4 Å². The number of aromatic nitrogens is 2. The van der Waals surface area contributed by atoms with Crippen molar-refractivity contribution in [3.63, 3.8) is 0 Å². The molecular weight excluding hydrogens is 292 g/mol. The van der Waals surface area contributed by atoms with E-state index in [1.165, 1.54) is 0 Å². The van der Waals surface area contributed by atoms with Gasteiger partial charge in [0.2, 0.25) is 10.0 Å². The summed E-state index contributed by atoms with van der Waals surface area (Å²) >= 11 is 0. The molecule has 0 aliphatic heterocycles. The van der Waals surface area contributed by atoms with Gasteiger partial charge in [-0.15, -0.1) is 0 Å². The van der Waals surface area contributed by atoms with E-state index >= 15 is 0 Å². The molecule has 0 atom stereocenters. The second-order valence-corrected chi connectivity index (χ2v) is 6.55. The smallest absolute Gasteiger partial charge is 0.242 e. The highest BCUT2D eigenvalue weighted by molar-refractivity contribution is 7.89. The Morgan fingerprint density at radius 2 is 2.14 bits per heavy atom. The second-order valence-electron chi connectivity index (χ2n) is 4.78. The van der Waals surface area contributed by atoms with Crippen LogP contribution in [0.25, 0.3) is 0 Å². The predicted molar refractivity (Wildman–Crippen MR) is 78.0 cm³/mol. The average Bonchev–Trinajstić information content (AvgIpc) is 3.01. The van der Waals surface area contributed by atoms with Crippen molar-refractivity contribution in [2.75, 3.05) is 0 Å². The zero-order valence-corrected chi connectivity index (χ0v) is 13.2. The number of hydrogen-bond donors (Lipinski definition) is 2. The molecule has 0 spiro atoms. The minimum atomic E-state index is -3.59. The number of nitrogens with one attached hydrogen (secondary N) is 1. The summed E-state index contributed by atoms with van der Waals surface area (Å²) < 4.78 is 34.1. The van der Waals surface area contributed by atoms with Gasteiger partial charge in [0.15, 0.2) is 0 Å². The van der Waals surface area contributed by atoms with Crippen molar-refractivity contribution >= 4 is 10.0 Å². The molecule has 0 fully saturated rings. The first kappa shape index (κ1) is 15.7. The van der Waals surface area contributed by atoms with Gasteiger partial charge in [0.1, 0.15) is 5.76 Å². The summed E-state index contributed by atoms with van der Waals surface area (Å²) in [7, 11) is -3.59. The maximum Gasteiger partial charge on any atom is 0.242 e. The maximum absolute atomic E-state index is 12.3. The van der Waals surface area contributed by atoms with E-state index in [4.69, 9.17) is 10.3 Å². The minimum absolute atomic E-state index is 0.152. The summed E-state index contributed by atoms with van der Waals surface area (Å²) in [5, 5.41) is 3.80. The first-order chi connectivity index (χ1) is 9.89. The lowest BCUT2D eigenvalue weighted by atomic mass is 10.2. The van der Waals surface area contributed by atoms with Crippen LogP contribution in [0.2, 0.25) is 0 Å². The summed E-state index contributed by atoms with van der Waals surface area (Å²) in [6.07, 6.45) is 1.60. The fourth-order valence-electron chi connectivity index (χ4n) is 2.14. The highest BCUT2D eigenvalue weighted by Gasteiger charge is 2.19. The third kappa shape index (κ3) is 3.17. The van der Waals surface area contributed by atoms with Crippen molar-refractivity contribution in [3.05, 3.63) is 35.0 Å². The van der Waals surface area contributed by atoms with Crippen LogP contribution in [-0.2, 0) is 29.7 Å². The van der Waals surface area contributed by atoms with Gasteiger partial charge in [0.25, 0.3) is 0 Å². The van der Waals surface area contributed by atoms with Crippen LogP contribution < -0.4 is 10.5 Å². The van der Waals surface area contributed by atoms with Crippen LogP contribution in [0.3, 0.4) is 0 Å². The first-order valence-corrected chi connectivity index (χ1v) is 8.18. The summed E-state index contributed by atoms with van der Waals surface area (Å²) in [5.74, 6) is 0.615. The molecule has 0 amide bonds. The molecule has 0 aromatic carbocycles. The number of nitrogens with zero attached hydrogens (tertiary/aromatic N) is 2. The van der Waals surface area contributed by atoms with E-state index in [9.17, 15) is 8.42 Å². The Morgan fingerprint density at radius 1 is 1.43 bits per heavy atom. The van der Waals surface area contributed by atoms with Crippen molar-refractivity contribution in [2.24, 2.45) is 5.73 Å². The number of hydrogen-bond acceptors (Lipinski definition) is 5. The van der Waals surface area contributed by atoms with E-state index in [0.29, 0.717) is 24.5 Å². The molecule has 2 heterocycles. The molecule has 0 saturated heterocycles. The number of rotatable bonds is 6. The van der Waals surface area contributed by atoms with Gasteiger partial charge < -0.3 is 14.8 Å². The second kappa shape index (κ2) is 6.00. The molecule has 2 rings (SSSR count). The molecule has 0 bridgehead atoms. The van der Waals surface area contributed by atoms with Crippen molar-refractivity contribution < 1.29 is 12.9 Å². The standard InChI is InChI=1S/C13H20N4O3S/c1-4-17-8-12(5-11(17)6-14)21(18,19)15-7-13-9(2)16-20-10(13)3/h5,8,15H,4,6-7,14H2,1-3H3. The maximum atomic E-state index is 12.3. The van der Waals surface area contributed by atoms with E-state index in [1.54, 1.807) is 26.1 Å².